The number of rotatable bonds is 8. The minimum Gasteiger partial charge on any atom is -0.481 e. The molecule has 1 aromatic rings. The molecule has 1 rings (SSSR count). The first-order valence-electron chi connectivity index (χ1n) is 6.82. The Kier molecular flexibility index (Phi) is 5.95. The number of hydrogen-bond acceptors (Lipinski definition) is 4. The van der Waals surface area contributed by atoms with Gasteiger partial charge in [-0.25, -0.2) is 4.98 Å². The number of carboxylic acid groups (broad SMARTS) is 1. The smallest absolute Gasteiger partial charge is 0.309 e. The summed E-state index contributed by atoms with van der Waals surface area (Å²) in [4.78, 5) is 15.4. The quantitative estimate of drug-likeness (QED) is 0.763. The molecule has 20 heavy (non-hydrogen) atoms. The minimum atomic E-state index is -0.763. The SMILES string of the molecule is COc1cccc(CC(C)NCCC(C)(C)C(=O)O)n1. The molecule has 1 heterocycles. The zero-order valence-corrected chi connectivity index (χ0v) is 12.6. The number of carboxylic acids is 1. The van der Waals surface area contributed by atoms with Crippen LogP contribution in [0.4, 0.5) is 0 Å². The van der Waals surface area contributed by atoms with Crippen LogP contribution in [0.3, 0.4) is 0 Å². The van der Waals surface area contributed by atoms with Gasteiger partial charge in [-0.2, -0.15) is 0 Å². The summed E-state index contributed by atoms with van der Waals surface area (Å²) < 4.78 is 5.09. The molecule has 0 aromatic carbocycles. The van der Waals surface area contributed by atoms with E-state index in [0.29, 0.717) is 18.8 Å². The summed E-state index contributed by atoms with van der Waals surface area (Å²) in [6.07, 6.45) is 1.38. The summed E-state index contributed by atoms with van der Waals surface area (Å²) >= 11 is 0. The summed E-state index contributed by atoms with van der Waals surface area (Å²) in [5.41, 5.74) is 0.267. The maximum Gasteiger partial charge on any atom is 0.309 e. The third kappa shape index (κ3) is 5.17. The highest BCUT2D eigenvalue weighted by atomic mass is 16.5. The lowest BCUT2D eigenvalue weighted by atomic mass is 9.89. The van der Waals surface area contributed by atoms with Gasteiger partial charge in [0, 0.05) is 24.2 Å². The topological polar surface area (TPSA) is 71.5 Å². The number of pyridine rings is 1. The van der Waals surface area contributed by atoms with Crippen LogP contribution in [0, 0.1) is 5.41 Å². The van der Waals surface area contributed by atoms with Crippen molar-refractivity contribution in [3.05, 3.63) is 23.9 Å². The standard InChI is InChI=1S/C15H24N2O3/c1-11(16-9-8-15(2,3)14(18)19)10-12-6-5-7-13(17-12)20-4/h5-7,11,16H,8-10H2,1-4H3,(H,18,19). The second kappa shape index (κ2) is 7.24. The Labute approximate surface area is 120 Å². The summed E-state index contributed by atoms with van der Waals surface area (Å²) in [6, 6.07) is 5.93. The van der Waals surface area contributed by atoms with E-state index in [4.69, 9.17) is 9.84 Å². The second-order valence-electron chi connectivity index (χ2n) is 5.67. The van der Waals surface area contributed by atoms with Crippen molar-refractivity contribution in [2.24, 2.45) is 5.41 Å². The first kappa shape index (κ1) is 16.4. The van der Waals surface area contributed by atoms with Gasteiger partial charge in [0.25, 0.3) is 0 Å². The van der Waals surface area contributed by atoms with E-state index in [1.165, 1.54) is 0 Å². The lowest BCUT2D eigenvalue weighted by Crippen LogP contribution is -2.34. The van der Waals surface area contributed by atoms with Crippen molar-refractivity contribution in [1.82, 2.24) is 10.3 Å². The van der Waals surface area contributed by atoms with Crippen LogP contribution in [0.5, 0.6) is 5.88 Å². The van der Waals surface area contributed by atoms with Crippen LogP contribution in [0.1, 0.15) is 32.9 Å². The van der Waals surface area contributed by atoms with E-state index in [0.717, 1.165) is 12.1 Å². The molecule has 0 saturated heterocycles. The van der Waals surface area contributed by atoms with Gasteiger partial charge < -0.3 is 15.2 Å². The molecule has 0 aliphatic heterocycles. The summed E-state index contributed by atoms with van der Waals surface area (Å²) in [5, 5.41) is 12.4. The summed E-state index contributed by atoms with van der Waals surface area (Å²) in [7, 11) is 1.60. The fourth-order valence-corrected chi connectivity index (χ4v) is 1.81. The van der Waals surface area contributed by atoms with E-state index in [1.807, 2.05) is 18.2 Å². The van der Waals surface area contributed by atoms with Crippen molar-refractivity contribution >= 4 is 5.97 Å². The van der Waals surface area contributed by atoms with Gasteiger partial charge in [-0.15, -0.1) is 0 Å². The predicted octanol–water partition coefficient (Wildman–Crippen LogP) is 2.11. The normalized spacial score (nSPS) is 13.0. The molecule has 0 spiro atoms. The monoisotopic (exact) mass is 280 g/mol. The largest absolute Gasteiger partial charge is 0.481 e. The van der Waals surface area contributed by atoms with Crippen molar-refractivity contribution in [1.29, 1.82) is 0 Å². The van der Waals surface area contributed by atoms with Crippen molar-refractivity contribution in [2.45, 2.75) is 39.7 Å². The van der Waals surface area contributed by atoms with Crippen LogP contribution in [0.15, 0.2) is 18.2 Å². The maximum atomic E-state index is 11.0. The lowest BCUT2D eigenvalue weighted by molar-refractivity contribution is -0.147. The maximum absolute atomic E-state index is 11.0. The highest BCUT2D eigenvalue weighted by Gasteiger charge is 2.26. The van der Waals surface area contributed by atoms with Gasteiger partial charge in [0.05, 0.1) is 12.5 Å². The number of methoxy groups -OCH3 is 1. The van der Waals surface area contributed by atoms with Crippen LogP contribution >= 0.6 is 0 Å². The minimum absolute atomic E-state index is 0.235. The van der Waals surface area contributed by atoms with Crippen LogP contribution in [-0.2, 0) is 11.2 Å². The Morgan fingerprint density at radius 3 is 2.80 bits per heavy atom. The van der Waals surface area contributed by atoms with Gasteiger partial charge in [-0.1, -0.05) is 6.07 Å². The molecule has 0 fully saturated rings. The molecule has 5 heteroatoms. The van der Waals surface area contributed by atoms with E-state index < -0.39 is 11.4 Å². The number of nitrogens with zero attached hydrogens (tertiary/aromatic N) is 1. The first-order chi connectivity index (χ1) is 9.35. The highest BCUT2D eigenvalue weighted by molar-refractivity contribution is 5.73. The Morgan fingerprint density at radius 2 is 2.20 bits per heavy atom. The Bertz CT molecular complexity index is 446. The molecule has 0 aliphatic rings. The van der Waals surface area contributed by atoms with Crippen LogP contribution in [0.2, 0.25) is 0 Å². The van der Waals surface area contributed by atoms with E-state index in [2.05, 4.69) is 17.2 Å². The molecule has 0 amide bonds. The van der Waals surface area contributed by atoms with Crippen molar-refractivity contribution in [3.8, 4) is 5.88 Å². The number of hydrogen-bond donors (Lipinski definition) is 2. The van der Waals surface area contributed by atoms with Crippen molar-refractivity contribution in [2.75, 3.05) is 13.7 Å². The van der Waals surface area contributed by atoms with E-state index in [-0.39, 0.29) is 6.04 Å². The first-order valence-corrected chi connectivity index (χ1v) is 6.82. The van der Waals surface area contributed by atoms with Crippen LogP contribution in [-0.4, -0.2) is 35.8 Å². The number of carbonyl (C=O) groups is 1. The summed E-state index contributed by atoms with van der Waals surface area (Å²) in [5.74, 6) is -0.150. The molecule has 1 aromatic heterocycles. The van der Waals surface area contributed by atoms with Gasteiger partial charge in [0.15, 0.2) is 0 Å². The average Bonchev–Trinajstić information content (AvgIpc) is 2.38. The Morgan fingerprint density at radius 1 is 1.50 bits per heavy atom. The fourth-order valence-electron chi connectivity index (χ4n) is 1.81. The van der Waals surface area contributed by atoms with E-state index >= 15 is 0 Å². The molecule has 0 saturated carbocycles. The molecule has 0 bridgehead atoms. The van der Waals surface area contributed by atoms with Gasteiger partial charge in [0.1, 0.15) is 0 Å². The van der Waals surface area contributed by atoms with Crippen molar-refractivity contribution in [3.63, 3.8) is 0 Å². The van der Waals surface area contributed by atoms with Crippen LogP contribution in [0.25, 0.3) is 0 Å². The zero-order valence-electron chi connectivity index (χ0n) is 12.6. The fraction of sp³-hybridized carbons (Fsp3) is 0.600. The Balaban J connectivity index is 2.40. The van der Waals surface area contributed by atoms with E-state index in [9.17, 15) is 4.79 Å². The molecule has 0 radical (unpaired) electrons. The number of nitrogens with one attached hydrogen (secondary N) is 1. The highest BCUT2D eigenvalue weighted by Crippen LogP contribution is 2.19. The molecule has 2 N–H and O–H groups in total. The van der Waals surface area contributed by atoms with Gasteiger partial charge in [0.2, 0.25) is 5.88 Å². The molecule has 0 aliphatic carbocycles. The third-order valence-corrected chi connectivity index (χ3v) is 3.33. The molecular weight excluding hydrogens is 256 g/mol. The van der Waals surface area contributed by atoms with Gasteiger partial charge >= 0.3 is 5.97 Å². The molecule has 112 valence electrons. The number of aromatic nitrogens is 1. The van der Waals surface area contributed by atoms with Gasteiger partial charge in [-0.05, 0) is 39.8 Å². The number of aliphatic carboxylic acids is 1. The third-order valence-electron chi connectivity index (χ3n) is 3.33. The van der Waals surface area contributed by atoms with E-state index in [1.54, 1.807) is 21.0 Å². The molecule has 5 nitrogen and oxygen atoms in total. The second-order valence-corrected chi connectivity index (χ2v) is 5.67. The Hall–Kier alpha value is -1.62. The van der Waals surface area contributed by atoms with Gasteiger partial charge in [-0.3, -0.25) is 4.79 Å². The molecular formula is C15H24N2O3. The molecule has 1 atom stereocenters. The zero-order chi connectivity index (χ0) is 15.2. The summed E-state index contributed by atoms with van der Waals surface area (Å²) in [6.45, 7) is 6.22. The average molecular weight is 280 g/mol. The molecule has 1 unspecified atom stereocenters. The van der Waals surface area contributed by atoms with Crippen molar-refractivity contribution < 1.29 is 14.6 Å². The van der Waals surface area contributed by atoms with Crippen LogP contribution < -0.4 is 10.1 Å². The predicted molar refractivity (Wildman–Crippen MR) is 78.0 cm³/mol. The number of ether oxygens (including phenoxy) is 1. The lowest BCUT2D eigenvalue weighted by Gasteiger charge is -2.21.